The normalized spacial score (nSPS) is 13.1. The molecule has 0 amide bonds. The van der Waals surface area contributed by atoms with Gasteiger partial charge in [0, 0.05) is 6.61 Å². The van der Waals surface area contributed by atoms with Crippen molar-refractivity contribution in [3.8, 4) is 0 Å². The summed E-state index contributed by atoms with van der Waals surface area (Å²) in [6, 6.07) is 0. The zero-order valence-electron chi connectivity index (χ0n) is 10.4. The van der Waals surface area contributed by atoms with E-state index in [4.69, 9.17) is 5.11 Å². The van der Waals surface area contributed by atoms with Gasteiger partial charge in [0.15, 0.2) is 0 Å². The summed E-state index contributed by atoms with van der Waals surface area (Å²) in [5.41, 5.74) is 3.06. The quantitative estimate of drug-likeness (QED) is 0.644. The van der Waals surface area contributed by atoms with Crippen LogP contribution in [0.4, 0.5) is 0 Å². The van der Waals surface area contributed by atoms with Crippen LogP contribution in [-0.2, 0) is 0 Å². The van der Waals surface area contributed by atoms with Crippen LogP contribution in [0.1, 0.15) is 53.9 Å². The van der Waals surface area contributed by atoms with Gasteiger partial charge >= 0.3 is 0 Å². The predicted molar refractivity (Wildman–Crippen MR) is 63.3 cm³/mol. The third-order valence-corrected chi connectivity index (χ3v) is 2.79. The highest BCUT2D eigenvalue weighted by atomic mass is 16.3. The molecule has 0 aliphatic heterocycles. The van der Waals surface area contributed by atoms with Crippen LogP contribution >= 0.6 is 0 Å². The molecule has 0 saturated heterocycles. The van der Waals surface area contributed by atoms with Gasteiger partial charge in [-0.1, -0.05) is 31.9 Å². The van der Waals surface area contributed by atoms with Crippen molar-refractivity contribution in [2.75, 3.05) is 6.61 Å². The lowest BCUT2D eigenvalue weighted by Gasteiger charge is -2.15. The van der Waals surface area contributed by atoms with Gasteiger partial charge < -0.3 is 5.11 Å². The maximum atomic E-state index is 8.91. The van der Waals surface area contributed by atoms with Crippen molar-refractivity contribution in [2.45, 2.75) is 53.9 Å². The van der Waals surface area contributed by atoms with Crippen molar-refractivity contribution in [1.82, 2.24) is 0 Å². The summed E-state index contributed by atoms with van der Waals surface area (Å²) in [4.78, 5) is 0. The Morgan fingerprint density at radius 3 is 2.07 bits per heavy atom. The fourth-order valence-electron chi connectivity index (χ4n) is 1.85. The van der Waals surface area contributed by atoms with Crippen molar-refractivity contribution in [2.24, 2.45) is 11.8 Å². The van der Waals surface area contributed by atoms with Gasteiger partial charge in [-0.3, -0.25) is 0 Å². The molecule has 1 unspecified atom stereocenters. The second-order valence-electron chi connectivity index (χ2n) is 4.86. The molecule has 0 heterocycles. The minimum absolute atomic E-state index is 0.325. The SMILES string of the molecule is CC(C)=C(CCCC(C)CO)C(C)C. The molecular weight excluding hydrogens is 172 g/mol. The molecule has 0 spiro atoms. The molecule has 0 fully saturated rings. The number of aliphatic hydroxyl groups excluding tert-OH is 1. The summed E-state index contributed by atoms with van der Waals surface area (Å²) in [7, 11) is 0. The van der Waals surface area contributed by atoms with Crippen LogP contribution in [0.15, 0.2) is 11.1 Å². The van der Waals surface area contributed by atoms with Crippen LogP contribution in [-0.4, -0.2) is 11.7 Å². The molecule has 1 nitrogen and oxygen atoms in total. The number of rotatable bonds is 6. The molecule has 0 aliphatic rings. The van der Waals surface area contributed by atoms with Gasteiger partial charge in [-0.15, -0.1) is 0 Å². The third kappa shape index (κ3) is 5.43. The van der Waals surface area contributed by atoms with E-state index < -0.39 is 0 Å². The first-order valence-corrected chi connectivity index (χ1v) is 5.76. The summed E-state index contributed by atoms with van der Waals surface area (Å²) in [6.07, 6.45) is 3.55. The van der Waals surface area contributed by atoms with Crippen LogP contribution in [0.2, 0.25) is 0 Å². The topological polar surface area (TPSA) is 20.2 Å². The molecule has 1 heteroatoms. The average Bonchev–Trinajstić information content (AvgIpc) is 2.10. The van der Waals surface area contributed by atoms with E-state index in [1.54, 1.807) is 5.57 Å². The maximum Gasteiger partial charge on any atom is 0.0456 e. The number of aliphatic hydroxyl groups is 1. The molecular formula is C13H26O. The van der Waals surface area contributed by atoms with E-state index in [1.165, 1.54) is 18.4 Å². The van der Waals surface area contributed by atoms with Gasteiger partial charge in [-0.2, -0.15) is 0 Å². The lowest BCUT2D eigenvalue weighted by molar-refractivity contribution is 0.228. The molecule has 84 valence electrons. The van der Waals surface area contributed by atoms with Gasteiger partial charge in [0.2, 0.25) is 0 Å². The van der Waals surface area contributed by atoms with Crippen LogP contribution < -0.4 is 0 Å². The molecule has 0 aliphatic carbocycles. The Kier molecular flexibility index (Phi) is 6.90. The van der Waals surface area contributed by atoms with E-state index in [-0.39, 0.29) is 0 Å². The van der Waals surface area contributed by atoms with Crippen molar-refractivity contribution >= 4 is 0 Å². The Hall–Kier alpha value is -0.300. The first-order valence-electron chi connectivity index (χ1n) is 5.76. The van der Waals surface area contributed by atoms with Crippen molar-refractivity contribution in [3.05, 3.63) is 11.1 Å². The summed E-state index contributed by atoms with van der Waals surface area (Å²) >= 11 is 0. The first-order chi connectivity index (χ1) is 6.49. The van der Waals surface area contributed by atoms with E-state index in [9.17, 15) is 0 Å². The lowest BCUT2D eigenvalue weighted by Crippen LogP contribution is -2.02. The molecule has 0 aromatic heterocycles. The molecule has 1 atom stereocenters. The van der Waals surface area contributed by atoms with E-state index in [1.807, 2.05) is 0 Å². The van der Waals surface area contributed by atoms with E-state index >= 15 is 0 Å². The van der Waals surface area contributed by atoms with Crippen LogP contribution in [0, 0.1) is 11.8 Å². The van der Waals surface area contributed by atoms with Gasteiger partial charge in [-0.05, 0) is 44.9 Å². The largest absolute Gasteiger partial charge is 0.396 e. The second kappa shape index (κ2) is 7.05. The second-order valence-corrected chi connectivity index (χ2v) is 4.86. The van der Waals surface area contributed by atoms with Crippen LogP contribution in [0.25, 0.3) is 0 Å². The van der Waals surface area contributed by atoms with E-state index in [2.05, 4.69) is 34.6 Å². The predicted octanol–water partition coefficient (Wildman–Crippen LogP) is 3.78. The van der Waals surface area contributed by atoms with Gasteiger partial charge in [0.1, 0.15) is 0 Å². The smallest absolute Gasteiger partial charge is 0.0456 e. The molecule has 14 heavy (non-hydrogen) atoms. The minimum Gasteiger partial charge on any atom is -0.396 e. The maximum absolute atomic E-state index is 8.91. The van der Waals surface area contributed by atoms with Gasteiger partial charge in [0.25, 0.3) is 0 Å². The van der Waals surface area contributed by atoms with E-state index in [0.717, 1.165) is 6.42 Å². The zero-order valence-corrected chi connectivity index (χ0v) is 10.4. The molecule has 0 aromatic rings. The summed E-state index contributed by atoms with van der Waals surface area (Å²) in [5, 5.41) is 8.91. The molecule has 1 N–H and O–H groups in total. The highest BCUT2D eigenvalue weighted by molar-refractivity contribution is 5.11. The average molecular weight is 198 g/mol. The van der Waals surface area contributed by atoms with Crippen molar-refractivity contribution in [3.63, 3.8) is 0 Å². The monoisotopic (exact) mass is 198 g/mol. The standard InChI is InChI=1S/C13H26O/c1-10(2)13(11(3)4)8-6-7-12(5)9-14/h10,12,14H,6-9H2,1-5H3. The first kappa shape index (κ1) is 13.7. The fourth-order valence-corrected chi connectivity index (χ4v) is 1.85. The third-order valence-electron chi connectivity index (χ3n) is 2.79. The van der Waals surface area contributed by atoms with Crippen LogP contribution in [0.3, 0.4) is 0 Å². The van der Waals surface area contributed by atoms with Crippen LogP contribution in [0.5, 0.6) is 0 Å². The summed E-state index contributed by atoms with van der Waals surface area (Å²) in [6.45, 7) is 11.4. The Morgan fingerprint density at radius 2 is 1.71 bits per heavy atom. The lowest BCUT2D eigenvalue weighted by atomic mass is 9.92. The number of allylic oxidation sites excluding steroid dienone is 2. The van der Waals surface area contributed by atoms with Crippen molar-refractivity contribution < 1.29 is 5.11 Å². The number of hydrogen-bond donors (Lipinski definition) is 1. The Balaban J connectivity index is 3.92. The Bertz CT molecular complexity index is 176. The Morgan fingerprint density at radius 1 is 1.14 bits per heavy atom. The molecule has 0 radical (unpaired) electrons. The highest BCUT2D eigenvalue weighted by Crippen LogP contribution is 2.22. The highest BCUT2D eigenvalue weighted by Gasteiger charge is 2.06. The fraction of sp³-hybridized carbons (Fsp3) is 0.846. The molecule has 0 aromatic carbocycles. The van der Waals surface area contributed by atoms with Gasteiger partial charge in [0.05, 0.1) is 0 Å². The Labute approximate surface area is 89.2 Å². The van der Waals surface area contributed by atoms with Crippen molar-refractivity contribution in [1.29, 1.82) is 0 Å². The summed E-state index contributed by atoms with van der Waals surface area (Å²) in [5.74, 6) is 1.13. The number of hydrogen-bond acceptors (Lipinski definition) is 1. The zero-order chi connectivity index (χ0) is 11.1. The molecule has 0 bridgehead atoms. The van der Waals surface area contributed by atoms with Gasteiger partial charge in [-0.25, -0.2) is 0 Å². The minimum atomic E-state index is 0.325. The summed E-state index contributed by atoms with van der Waals surface area (Å²) < 4.78 is 0. The molecule has 0 rings (SSSR count). The molecule has 0 saturated carbocycles. The van der Waals surface area contributed by atoms with E-state index in [0.29, 0.717) is 18.4 Å².